The standard InChI is InChI=1S/C19H16N2O/c22-19(15-9-7-14(8-10-15)13-5-6-13)21-17-11-16-3-1-2-4-18(16)20-12-17/h1-4,7-13H,5-6H2,(H,21,22). The summed E-state index contributed by atoms with van der Waals surface area (Å²) in [6.45, 7) is 0. The molecule has 0 bridgehead atoms. The van der Waals surface area contributed by atoms with Crippen LogP contribution in [0.4, 0.5) is 5.69 Å². The molecular formula is C19H16N2O. The molecule has 2 aromatic carbocycles. The predicted octanol–water partition coefficient (Wildman–Crippen LogP) is 4.36. The lowest BCUT2D eigenvalue weighted by Crippen LogP contribution is -2.12. The summed E-state index contributed by atoms with van der Waals surface area (Å²) >= 11 is 0. The van der Waals surface area contributed by atoms with Crippen LogP contribution in [0.15, 0.2) is 60.8 Å². The molecule has 3 heteroatoms. The lowest BCUT2D eigenvalue weighted by molar-refractivity contribution is 0.102. The van der Waals surface area contributed by atoms with Crippen molar-refractivity contribution >= 4 is 22.5 Å². The molecule has 0 spiro atoms. The minimum atomic E-state index is -0.0978. The Balaban J connectivity index is 1.54. The summed E-state index contributed by atoms with van der Waals surface area (Å²) in [4.78, 5) is 16.7. The fraction of sp³-hybridized carbons (Fsp3) is 0.158. The highest BCUT2D eigenvalue weighted by Gasteiger charge is 2.23. The van der Waals surface area contributed by atoms with E-state index in [9.17, 15) is 4.79 Å². The van der Waals surface area contributed by atoms with Crippen LogP contribution in [0.3, 0.4) is 0 Å². The lowest BCUT2D eigenvalue weighted by atomic mass is 10.1. The molecule has 1 saturated carbocycles. The molecular weight excluding hydrogens is 272 g/mol. The van der Waals surface area contributed by atoms with E-state index in [1.54, 1.807) is 6.20 Å². The smallest absolute Gasteiger partial charge is 0.255 e. The third-order valence-corrected chi connectivity index (χ3v) is 4.07. The molecule has 1 heterocycles. The molecule has 4 rings (SSSR count). The van der Waals surface area contributed by atoms with Crippen molar-refractivity contribution < 1.29 is 4.79 Å². The van der Waals surface area contributed by atoms with E-state index in [0.717, 1.165) is 16.6 Å². The van der Waals surface area contributed by atoms with Crippen molar-refractivity contribution in [1.29, 1.82) is 0 Å². The van der Waals surface area contributed by atoms with Gasteiger partial charge in [-0.05, 0) is 48.6 Å². The molecule has 3 aromatic rings. The minimum absolute atomic E-state index is 0.0978. The summed E-state index contributed by atoms with van der Waals surface area (Å²) in [5, 5.41) is 3.93. The molecule has 0 unspecified atom stereocenters. The zero-order valence-electron chi connectivity index (χ0n) is 12.1. The number of aromatic nitrogens is 1. The quantitative estimate of drug-likeness (QED) is 0.777. The van der Waals surface area contributed by atoms with Crippen molar-refractivity contribution in [3.63, 3.8) is 0 Å². The highest BCUT2D eigenvalue weighted by atomic mass is 16.1. The van der Waals surface area contributed by atoms with Crippen LogP contribution in [0.25, 0.3) is 10.9 Å². The van der Waals surface area contributed by atoms with Gasteiger partial charge in [0.25, 0.3) is 5.91 Å². The number of hydrogen-bond acceptors (Lipinski definition) is 2. The summed E-state index contributed by atoms with van der Waals surface area (Å²) in [5.74, 6) is 0.612. The van der Waals surface area contributed by atoms with Gasteiger partial charge >= 0.3 is 0 Å². The summed E-state index contributed by atoms with van der Waals surface area (Å²) in [7, 11) is 0. The number of hydrogen-bond donors (Lipinski definition) is 1. The Morgan fingerprint density at radius 1 is 1.05 bits per heavy atom. The second kappa shape index (κ2) is 5.26. The molecule has 1 aromatic heterocycles. The van der Waals surface area contributed by atoms with Crippen LogP contribution in [0.2, 0.25) is 0 Å². The minimum Gasteiger partial charge on any atom is -0.321 e. The van der Waals surface area contributed by atoms with E-state index in [-0.39, 0.29) is 5.91 Å². The topological polar surface area (TPSA) is 42.0 Å². The van der Waals surface area contributed by atoms with Gasteiger partial charge in [0, 0.05) is 10.9 Å². The highest BCUT2D eigenvalue weighted by molar-refractivity contribution is 6.04. The maximum atomic E-state index is 12.3. The number of benzene rings is 2. The van der Waals surface area contributed by atoms with Gasteiger partial charge in [0.2, 0.25) is 0 Å². The normalized spacial score (nSPS) is 14.0. The fourth-order valence-corrected chi connectivity index (χ4v) is 2.67. The number of nitrogens with one attached hydrogen (secondary N) is 1. The van der Waals surface area contributed by atoms with Crippen LogP contribution < -0.4 is 5.32 Å². The number of pyridine rings is 1. The molecule has 0 saturated heterocycles. The van der Waals surface area contributed by atoms with Gasteiger partial charge in [-0.2, -0.15) is 0 Å². The van der Waals surface area contributed by atoms with Crippen LogP contribution in [0.1, 0.15) is 34.7 Å². The van der Waals surface area contributed by atoms with E-state index in [4.69, 9.17) is 0 Å². The van der Waals surface area contributed by atoms with E-state index < -0.39 is 0 Å². The second-order valence-corrected chi connectivity index (χ2v) is 5.77. The molecule has 0 radical (unpaired) electrons. The number of carbonyl (C=O) groups excluding carboxylic acids is 1. The number of carbonyl (C=O) groups is 1. The van der Waals surface area contributed by atoms with Crippen molar-refractivity contribution in [2.75, 3.05) is 5.32 Å². The number of para-hydroxylation sites is 1. The molecule has 3 nitrogen and oxygen atoms in total. The van der Waals surface area contributed by atoms with Crippen molar-refractivity contribution in [1.82, 2.24) is 4.98 Å². The third-order valence-electron chi connectivity index (χ3n) is 4.07. The Morgan fingerprint density at radius 3 is 2.59 bits per heavy atom. The van der Waals surface area contributed by atoms with Crippen molar-refractivity contribution in [3.05, 3.63) is 71.9 Å². The van der Waals surface area contributed by atoms with Gasteiger partial charge in [0.05, 0.1) is 17.4 Å². The average molecular weight is 288 g/mol. The summed E-state index contributed by atoms with van der Waals surface area (Å²) in [6.07, 6.45) is 4.24. The molecule has 1 fully saturated rings. The van der Waals surface area contributed by atoms with E-state index in [2.05, 4.69) is 22.4 Å². The van der Waals surface area contributed by atoms with Gasteiger partial charge in [0.15, 0.2) is 0 Å². The molecule has 1 amide bonds. The predicted molar refractivity (Wildman–Crippen MR) is 88.1 cm³/mol. The molecule has 22 heavy (non-hydrogen) atoms. The van der Waals surface area contributed by atoms with E-state index in [0.29, 0.717) is 11.5 Å². The first kappa shape index (κ1) is 13.0. The number of nitrogens with zero attached hydrogens (tertiary/aromatic N) is 1. The number of rotatable bonds is 3. The first-order chi connectivity index (χ1) is 10.8. The maximum absolute atomic E-state index is 12.3. The number of fused-ring (bicyclic) bond motifs is 1. The zero-order valence-corrected chi connectivity index (χ0v) is 12.1. The van der Waals surface area contributed by atoms with Gasteiger partial charge in [-0.25, -0.2) is 0 Å². The number of amides is 1. The van der Waals surface area contributed by atoms with E-state index in [1.807, 2.05) is 42.5 Å². The SMILES string of the molecule is O=C(Nc1cnc2ccccc2c1)c1ccc(C2CC2)cc1. The van der Waals surface area contributed by atoms with Crippen molar-refractivity contribution in [2.45, 2.75) is 18.8 Å². The third kappa shape index (κ3) is 2.58. The average Bonchev–Trinajstić information content (AvgIpc) is 3.40. The highest BCUT2D eigenvalue weighted by Crippen LogP contribution is 2.39. The summed E-state index contributed by atoms with van der Waals surface area (Å²) in [5.41, 5.74) is 3.66. The Hall–Kier alpha value is -2.68. The first-order valence-corrected chi connectivity index (χ1v) is 7.56. The van der Waals surface area contributed by atoms with Gasteiger partial charge in [-0.1, -0.05) is 30.3 Å². The molecule has 108 valence electrons. The second-order valence-electron chi connectivity index (χ2n) is 5.77. The van der Waals surface area contributed by atoms with Crippen LogP contribution in [0.5, 0.6) is 0 Å². The van der Waals surface area contributed by atoms with Gasteiger partial charge in [0.1, 0.15) is 0 Å². The van der Waals surface area contributed by atoms with E-state index >= 15 is 0 Å². The van der Waals surface area contributed by atoms with Crippen LogP contribution >= 0.6 is 0 Å². The van der Waals surface area contributed by atoms with Crippen LogP contribution in [-0.4, -0.2) is 10.9 Å². The van der Waals surface area contributed by atoms with Gasteiger partial charge < -0.3 is 5.32 Å². The Morgan fingerprint density at radius 2 is 1.82 bits per heavy atom. The van der Waals surface area contributed by atoms with Crippen LogP contribution in [-0.2, 0) is 0 Å². The largest absolute Gasteiger partial charge is 0.321 e. The zero-order chi connectivity index (χ0) is 14.9. The molecule has 1 aliphatic carbocycles. The Kier molecular flexibility index (Phi) is 3.11. The monoisotopic (exact) mass is 288 g/mol. The molecule has 0 atom stereocenters. The molecule has 1 N–H and O–H groups in total. The molecule has 0 aliphatic heterocycles. The van der Waals surface area contributed by atoms with Crippen LogP contribution in [0, 0.1) is 0 Å². The first-order valence-electron chi connectivity index (χ1n) is 7.56. The Labute approximate surface area is 129 Å². The fourth-order valence-electron chi connectivity index (χ4n) is 2.67. The van der Waals surface area contributed by atoms with Crippen molar-refractivity contribution in [3.8, 4) is 0 Å². The number of anilines is 1. The maximum Gasteiger partial charge on any atom is 0.255 e. The molecule has 1 aliphatic rings. The summed E-state index contributed by atoms with van der Waals surface area (Å²) < 4.78 is 0. The van der Waals surface area contributed by atoms with E-state index in [1.165, 1.54) is 18.4 Å². The van der Waals surface area contributed by atoms with Crippen molar-refractivity contribution in [2.24, 2.45) is 0 Å². The Bertz CT molecular complexity index is 835. The van der Waals surface area contributed by atoms with Gasteiger partial charge in [-0.3, -0.25) is 9.78 Å². The summed E-state index contributed by atoms with van der Waals surface area (Å²) in [6, 6.07) is 17.7. The lowest BCUT2D eigenvalue weighted by Gasteiger charge is -2.07. The van der Waals surface area contributed by atoms with Gasteiger partial charge in [-0.15, -0.1) is 0 Å².